The molecule has 0 saturated heterocycles. The first-order valence-corrected chi connectivity index (χ1v) is 26.2. The number of ketones is 4. The van der Waals surface area contributed by atoms with Crippen LogP contribution in [0.4, 0.5) is 0 Å². The number of carbonyl (C=O) groups excluding carboxylic acids is 8. The lowest BCUT2D eigenvalue weighted by atomic mass is 9.74. The fourth-order valence-electron chi connectivity index (χ4n) is 10.8. The lowest BCUT2D eigenvalue weighted by Crippen LogP contribution is -2.31. The van der Waals surface area contributed by atoms with E-state index in [9.17, 15) is 38.4 Å². The van der Waals surface area contributed by atoms with E-state index in [1.165, 1.54) is 11.1 Å². The Morgan fingerprint density at radius 3 is 1.56 bits per heavy atom. The van der Waals surface area contributed by atoms with Gasteiger partial charge in [0.25, 0.3) is 11.8 Å². The topological polar surface area (TPSA) is 185 Å². The van der Waals surface area contributed by atoms with Gasteiger partial charge in [-0.15, -0.1) is 0 Å². The molecule has 4 unspecified atom stereocenters. The van der Waals surface area contributed by atoms with E-state index >= 15 is 0 Å². The zero-order valence-corrected chi connectivity index (χ0v) is 43.8. The van der Waals surface area contributed by atoms with Gasteiger partial charge < -0.3 is 21.3 Å². The van der Waals surface area contributed by atoms with E-state index in [0.717, 1.165) is 133 Å². The number of hydrogen-bond donors (Lipinski definition) is 4. The van der Waals surface area contributed by atoms with E-state index in [0.29, 0.717) is 25.7 Å². The zero-order chi connectivity index (χ0) is 52.5. The van der Waals surface area contributed by atoms with Crippen molar-refractivity contribution < 1.29 is 38.4 Å². The van der Waals surface area contributed by atoms with E-state index in [4.69, 9.17) is 0 Å². The third-order valence-corrected chi connectivity index (χ3v) is 14.8. The summed E-state index contributed by atoms with van der Waals surface area (Å²) in [4.78, 5) is 94.7. The van der Waals surface area contributed by atoms with Gasteiger partial charge >= 0.3 is 0 Å². The van der Waals surface area contributed by atoms with Crippen LogP contribution >= 0.6 is 0 Å². The molecule has 0 spiro atoms. The largest absolute Gasteiger partial charge is 0.359 e. The summed E-state index contributed by atoms with van der Waals surface area (Å²) in [6.45, 7) is 7.56. The Kier molecular flexibility index (Phi) is 21.4. The number of hydrogen-bond acceptors (Lipinski definition) is 8. The molecule has 4 aromatic carbocycles. The molecule has 4 N–H and O–H groups in total. The zero-order valence-electron chi connectivity index (χ0n) is 43.8. The molecule has 8 rings (SSSR count). The van der Waals surface area contributed by atoms with E-state index in [1.807, 2.05) is 94.4 Å². The van der Waals surface area contributed by atoms with Gasteiger partial charge in [-0.05, 0) is 140 Å². The first kappa shape index (κ1) is 56.4. The van der Waals surface area contributed by atoms with Crippen molar-refractivity contribution in [1.29, 1.82) is 0 Å². The quantitative estimate of drug-likeness (QED) is 0.101. The van der Waals surface area contributed by atoms with Gasteiger partial charge in [-0.2, -0.15) is 0 Å². The van der Waals surface area contributed by atoms with Crippen molar-refractivity contribution >= 4 is 46.8 Å². The maximum atomic E-state index is 12.0. The van der Waals surface area contributed by atoms with Crippen LogP contribution in [0.2, 0.25) is 0 Å². The third kappa shape index (κ3) is 13.5. The highest BCUT2D eigenvalue weighted by atomic mass is 16.2. The molecule has 0 saturated carbocycles. The summed E-state index contributed by atoms with van der Waals surface area (Å²) in [5.41, 5.74) is 11.9. The van der Waals surface area contributed by atoms with Crippen LogP contribution in [0.3, 0.4) is 0 Å². The highest BCUT2D eigenvalue weighted by Crippen LogP contribution is 2.40. The lowest BCUT2D eigenvalue weighted by molar-refractivity contribution is -0.125. The predicted octanol–water partition coefficient (Wildman–Crippen LogP) is 9.47. The average molecular weight is 981 g/mol. The number of rotatable bonds is 12. The minimum atomic E-state index is -0.105. The van der Waals surface area contributed by atoms with Crippen molar-refractivity contribution in [2.24, 2.45) is 5.92 Å². The Balaban J connectivity index is 0.000000178. The molecule has 0 fully saturated rings. The molecule has 12 heteroatoms. The summed E-state index contributed by atoms with van der Waals surface area (Å²) in [6, 6.07) is 23.1. The number of aryl methyl sites for hydroxylation is 1. The second-order valence-electron chi connectivity index (χ2n) is 19.0. The standard InChI is InChI=1S/4C15H19NO2/c1-3-14(17)12-8-4-7-11-10(12)6-5-9-13(11)15(18)16-2;1-3-14(17)12-6-4-11-9-13(15(18)16-2)7-5-10(11)8-12;2*1-3-14(17)12-8-9-13(15(18)16-2)11-7-5-4-6-10(11)12/h5-6,9,12H,3-4,7-8H2,1-2H3,(H,16,18);4,6,8,13H,3,5,7,9H2,1-2H3,(H,16,18);8-9H,3-7H2,1-2H3,(H,16,18);4-7,12-13H,3,8-9H2,1-2H3,(H,16,18). The lowest BCUT2D eigenvalue weighted by Gasteiger charge is -2.29. The molecule has 4 aliphatic carbocycles. The first-order chi connectivity index (χ1) is 34.7. The van der Waals surface area contributed by atoms with Gasteiger partial charge in [0.05, 0.1) is 5.92 Å². The van der Waals surface area contributed by atoms with Crippen LogP contribution in [0.15, 0.2) is 72.8 Å². The van der Waals surface area contributed by atoms with E-state index in [1.54, 1.807) is 34.3 Å². The van der Waals surface area contributed by atoms with Crippen LogP contribution < -0.4 is 21.3 Å². The maximum absolute atomic E-state index is 12.0. The summed E-state index contributed by atoms with van der Waals surface area (Å²) in [5.74, 6) is 0.919. The summed E-state index contributed by atoms with van der Waals surface area (Å²) in [6.07, 6.45) is 13.1. The minimum absolute atomic E-state index is 0.0108. The maximum Gasteiger partial charge on any atom is 0.251 e. The highest BCUT2D eigenvalue weighted by molar-refractivity contribution is 6.01. The van der Waals surface area contributed by atoms with Crippen molar-refractivity contribution in [3.63, 3.8) is 0 Å². The van der Waals surface area contributed by atoms with Crippen LogP contribution in [0.1, 0.15) is 202 Å². The molecule has 72 heavy (non-hydrogen) atoms. The number of carbonyl (C=O) groups is 8. The van der Waals surface area contributed by atoms with Crippen LogP contribution in [0.5, 0.6) is 0 Å². The second-order valence-corrected chi connectivity index (χ2v) is 19.0. The van der Waals surface area contributed by atoms with Crippen LogP contribution in [-0.2, 0) is 51.3 Å². The third-order valence-electron chi connectivity index (χ3n) is 14.8. The summed E-state index contributed by atoms with van der Waals surface area (Å²) in [5, 5.41) is 10.8. The van der Waals surface area contributed by atoms with Crippen molar-refractivity contribution in [2.45, 2.75) is 148 Å². The van der Waals surface area contributed by atoms with Gasteiger partial charge in [-0.25, -0.2) is 0 Å². The molecule has 12 nitrogen and oxygen atoms in total. The SMILES string of the molecule is CCC(=O)C1CCC(C(=O)NC)c2ccccc21.CCC(=O)C1CCCc2c(C(=O)NC)cccc21.CCC(=O)c1ccc(C(=O)NC)c2c1CCCC2.CCC(=O)c1ccc2c(c1)CCC(C(=O)NC)C2. The van der Waals surface area contributed by atoms with Gasteiger partial charge in [0, 0.05) is 93.9 Å². The minimum Gasteiger partial charge on any atom is -0.359 e. The monoisotopic (exact) mass is 981 g/mol. The summed E-state index contributed by atoms with van der Waals surface area (Å²) in [7, 11) is 6.62. The Morgan fingerprint density at radius 2 is 0.972 bits per heavy atom. The molecule has 384 valence electrons. The van der Waals surface area contributed by atoms with Gasteiger partial charge in [0.1, 0.15) is 11.6 Å². The van der Waals surface area contributed by atoms with Crippen LogP contribution in [0.25, 0.3) is 0 Å². The van der Waals surface area contributed by atoms with Gasteiger partial charge in [0.15, 0.2) is 11.6 Å². The van der Waals surface area contributed by atoms with Gasteiger partial charge in [0.2, 0.25) is 11.8 Å². The number of amides is 4. The molecule has 0 bridgehead atoms. The van der Waals surface area contributed by atoms with Crippen molar-refractivity contribution in [3.05, 3.63) is 140 Å². The Morgan fingerprint density at radius 1 is 0.444 bits per heavy atom. The molecule has 4 aromatic rings. The van der Waals surface area contributed by atoms with Crippen molar-refractivity contribution in [2.75, 3.05) is 28.2 Å². The normalized spacial score (nSPS) is 18.0. The van der Waals surface area contributed by atoms with Crippen LogP contribution in [-0.4, -0.2) is 75.0 Å². The van der Waals surface area contributed by atoms with Crippen molar-refractivity contribution in [3.8, 4) is 0 Å². The molecule has 4 aliphatic rings. The van der Waals surface area contributed by atoms with Crippen molar-refractivity contribution in [1.82, 2.24) is 21.3 Å². The molecular formula is C60H76N4O8. The molecule has 0 aromatic heterocycles. The molecule has 4 atom stereocenters. The van der Waals surface area contributed by atoms with E-state index in [-0.39, 0.29) is 70.4 Å². The van der Waals surface area contributed by atoms with Gasteiger partial charge in [-0.3, -0.25) is 38.4 Å². The van der Waals surface area contributed by atoms with Gasteiger partial charge in [-0.1, -0.05) is 82.3 Å². The second kappa shape index (κ2) is 27.3. The molecule has 4 amide bonds. The van der Waals surface area contributed by atoms with E-state index in [2.05, 4.69) is 21.3 Å². The smallest absolute Gasteiger partial charge is 0.251 e. The Hall–Kier alpha value is -6.56. The number of fused-ring (bicyclic) bond motifs is 4. The fourth-order valence-corrected chi connectivity index (χ4v) is 10.8. The fraction of sp³-hybridized carbons (Fsp3) is 0.467. The Labute approximate surface area is 426 Å². The molecule has 0 radical (unpaired) electrons. The number of nitrogens with one attached hydrogen (secondary N) is 4. The average Bonchev–Trinajstić information content (AvgIpc) is 3.44. The number of likely N-dealkylation sites (N-methyl/N-ethyl adjacent to an activating group) is 1. The number of benzene rings is 4. The van der Waals surface area contributed by atoms with Crippen LogP contribution in [0, 0.1) is 5.92 Å². The highest BCUT2D eigenvalue weighted by Gasteiger charge is 2.34. The molecular weight excluding hydrogens is 905 g/mol. The summed E-state index contributed by atoms with van der Waals surface area (Å²) >= 11 is 0. The molecule has 0 heterocycles. The molecule has 0 aliphatic heterocycles. The van der Waals surface area contributed by atoms with E-state index < -0.39 is 0 Å². The first-order valence-electron chi connectivity index (χ1n) is 26.2. The predicted molar refractivity (Wildman–Crippen MR) is 283 cm³/mol. The number of Topliss-reactive ketones (excluding diaryl/α,β-unsaturated/α-hetero) is 4. The summed E-state index contributed by atoms with van der Waals surface area (Å²) < 4.78 is 0. The Bertz CT molecular complexity index is 2550.